The SMILES string of the molecule is CN=C(NCC(=O)Nc1cccnc1)NCC1(c2ccccc2)CCCC1.I. The molecule has 1 amide bonds. The van der Waals surface area contributed by atoms with E-state index in [0.717, 1.165) is 6.54 Å². The van der Waals surface area contributed by atoms with Crippen LogP contribution in [0.15, 0.2) is 59.9 Å². The Morgan fingerprint density at radius 2 is 1.86 bits per heavy atom. The highest BCUT2D eigenvalue weighted by Gasteiger charge is 2.35. The summed E-state index contributed by atoms with van der Waals surface area (Å²) in [7, 11) is 1.72. The second kappa shape index (κ2) is 11.0. The molecule has 1 aromatic carbocycles. The summed E-state index contributed by atoms with van der Waals surface area (Å²) in [5.74, 6) is 0.503. The maximum atomic E-state index is 12.1. The Morgan fingerprint density at radius 1 is 1.11 bits per heavy atom. The van der Waals surface area contributed by atoms with E-state index in [4.69, 9.17) is 0 Å². The molecule has 1 aromatic heterocycles. The Labute approximate surface area is 183 Å². The van der Waals surface area contributed by atoms with E-state index >= 15 is 0 Å². The Balaban J connectivity index is 0.00000280. The summed E-state index contributed by atoms with van der Waals surface area (Å²) >= 11 is 0. The maximum Gasteiger partial charge on any atom is 0.243 e. The van der Waals surface area contributed by atoms with Crippen LogP contribution in [0, 0.1) is 0 Å². The molecule has 1 aliphatic carbocycles. The van der Waals surface area contributed by atoms with Gasteiger partial charge < -0.3 is 16.0 Å². The largest absolute Gasteiger partial charge is 0.356 e. The molecule has 0 unspecified atom stereocenters. The van der Waals surface area contributed by atoms with Gasteiger partial charge in [0.15, 0.2) is 5.96 Å². The minimum absolute atomic E-state index is 0. The van der Waals surface area contributed by atoms with Gasteiger partial charge in [0.1, 0.15) is 0 Å². The van der Waals surface area contributed by atoms with Gasteiger partial charge in [0.2, 0.25) is 5.91 Å². The minimum atomic E-state index is -0.135. The molecule has 1 saturated carbocycles. The van der Waals surface area contributed by atoms with Crippen LogP contribution in [0.2, 0.25) is 0 Å². The van der Waals surface area contributed by atoms with Crippen molar-refractivity contribution in [3.8, 4) is 0 Å². The lowest BCUT2D eigenvalue weighted by Crippen LogP contribution is -2.46. The molecule has 0 spiro atoms. The standard InChI is InChI=1S/C21H27N5O.HI/c1-22-20(24-15-19(27)26-18-10-7-13-23-14-18)25-16-21(11-5-6-12-21)17-8-3-2-4-9-17;/h2-4,7-10,13-14H,5-6,11-12,15-16H2,1H3,(H,26,27)(H2,22,24,25);1H. The van der Waals surface area contributed by atoms with Crippen LogP contribution in [-0.2, 0) is 10.2 Å². The molecule has 1 heterocycles. The average molecular weight is 493 g/mol. The molecule has 0 saturated heterocycles. The Hall–Kier alpha value is -2.16. The molecule has 2 aromatic rings. The average Bonchev–Trinajstić information content (AvgIpc) is 3.20. The first-order valence-corrected chi connectivity index (χ1v) is 9.42. The number of guanidine groups is 1. The number of nitrogens with one attached hydrogen (secondary N) is 3. The lowest BCUT2D eigenvalue weighted by Gasteiger charge is -2.30. The maximum absolute atomic E-state index is 12.1. The summed E-state index contributed by atoms with van der Waals surface area (Å²) < 4.78 is 0. The fourth-order valence-corrected chi connectivity index (χ4v) is 3.69. The van der Waals surface area contributed by atoms with Crippen molar-refractivity contribution < 1.29 is 4.79 Å². The van der Waals surface area contributed by atoms with Gasteiger partial charge in [-0.1, -0.05) is 43.2 Å². The molecule has 0 radical (unpaired) electrons. The molecular formula is C21H28IN5O. The van der Waals surface area contributed by atoms with Crippen LogP contribution in [0.4, 0.5) is 5.69 Å². The number of aromatic nitrogens is 1. The number of halogens is 1. The summed E-state index contributed by atoms with van der Waals surface area (Å²) in [5.41, 5.74) is 2.19. The number of pyridine rings is 1. The van der Waals surface area contributed by atoms with Crippen LogP contribution < -0.4 is 16.0 Å². The lowest BCUT2D eigenvalue weighted by molar-refractivity contribution is -0.115. The third-order valence-electron chi connectivity index (χ3n) is 5.13. The number of hydrogen-bond donors (Lipinski definition) is 3. The predicted octanol–water partition coefficient (Wildman–Crippen LogP) is 3.32. The number of anilines is 1. The molecule has 150 valence electrons. The predicted molar refractivity (Wildman–Crippen MR) is 124 cm³/mol. The highest BCUT2D eigenvalue weighted by molar-refractivity contribution is 14.0. The van der Waals surface area contributed by atoms with Crippen molar-refractivity contribution in [2.24, 2.45) is 4.99 Å². The Kier molecular flexibility index (Phi) is 8.69. The quantitative estimate of drug-likeness (QED) is 0.328. The molecular weight excluding hydrogens is 465 g/mol. The fourth-order valence-electron chi connectivity index (χ4n) is 3.69. The highest BCUT2D eigenvalue weighted by Crippen LogP contribution is 2.40. The topological polar surface area (TPSA) is 78.4 Å². The summed E-state index contributed by atoms with van der Waals surface area (Å²) in [6.07, 6.45) is 8.12. The number of nitrogens with zero attached hydrogens (tertiary/aromatic N) is 2. The molecule has 0 bridgehead atoms. The first-order valence-electron chi connectivity index (χ1n) is 9.42. The normalized spacial score (nSPS) is 15.4. The molecule has 6 nitrogen and oxygen atoms in total. The second-order valence-electron chi connectivity index (χ2n) is 6.92. The highest BCUT2D eigenvalue weighted by atomic mass is 127. The van der Waals surface area contributed by atoms with Crippen molar-refractivity contribution in [2.75, 3.05) is 25.5 Å². The zero-order valence-corrected chi connectivity index (χ0v) is 18.5. The van der Waals surface area contributed by atoms with Crippen molar-refractivity contribution in [2.45, 2.75) is 31.1 Å². The van der Waals surface area contributed by atoms with Crippen molar-refractivity contribution in [3.05, 3.63) is 60.4 Å². The van der Waals surface area contributed by atoms with Crippen LogP contribution in [0.3, 0.4) is 0 Å². The van der Waals surface area contributed by atoms with Crippen LogP contribution in [0.5, 0.6) is 0 Å². The zero-order valence-electron chi connectivity index (χ0n) is 16.1. The van der Waals surface area contributed by atoms with E-state index in [9.17, 15) is 4.79 Å². The van der Waals surface area contributed by atoms with Gasteiger partial charge in [-0.2, -0.15) is 0 Å². The van der Waals surface area contributed by atoms with E-state index in [1.54, 1.807) is 25.5 Å². The number of carbonyl (C=O) groups excluding carboxylic acids is 1. The summed E-state index contributed by atoms with van der Waals surface area (Å²) in [5, 5.41) is 9.31. The number of carbonyl (C=O) groups is 1. The number of aliphatic imine (C=N–C) groups is 1. The monoisotopic (exact) mass is 493 g/mol. The summed E-state index contributed by atoms with van der Waals surface area (Å²) in [6.45, 7) is 0.952. The van der Waals surface area contributed by atoms with Crippen LogP contribution in [0.25, 0.3) is 0 Å². The summed E-state index contributed by atoms with van der Waals surface area (Å²) in [6, 6.07) is 14.3. The smallest absolute Gasteiger partial charge is 0.243 e. The second-order valence-corrected chi connectivity index (χ2v) is 6.92. The van der Waals surface area contributed by atoms with E-state index in [-0.39, 0.29) is 41.8 Å². The van der Waals surface area contributed by atoms with Gasteiger partial charge in [-0.25, -0.2) is 0 Å². The van der Waals surface area contributed by atoms with Gasteiger partial charge in [-0.05, 0) is 30.5 Å². The van der Waals surface area contributed by atoms with Gasteiger partial charge in [0, 0.05) is 25.2 Å². The van der Waals surface area contributed by atoms with Crippen molar-refractivity contribution >= 4 is 41.5 Å². The molecule has 1 fully saturated rings. The molecule has 0 aliphatic heterocycles. The Bertz CT molecular complexity index is 761. The van der Waals surface area contributed by atoms with Gasteiger partial charge in [-0.15, -0.1) is 24.0 Å². The minimum Gasteiger partial charge on any atom is -0.356 e. The number of hydrogen-bond acceptors (Lipinski definition) is 3. The first kappa shape index (κ1) is 22.1. The van der Waals surface area contributed by atoms with E-state index in [1.165, 1.54) is 31.2 Å². The third kappa shape index (κ3) is 5.92. The Morgan fingerprint density at radius 3 is 2.50 bits per heavy atom. The summed E-state index contributed by atoms with van der Waals surface area (Å²) in [4.78, 5) is 20.3. The van der Waals surface area contributed by atoms with Crippen LogP contribution in [-0.4, -0.2) is 37.0 Å². The van der Waals surface area contributed by atoms with E-state index in [2.05, 4.69) is 56.3 Å². The van der Waals surface area contributed by atoms with Gasteiger partial charge >= 0.3 is 0 Å². The first-order chi connectivity index (χ1) is 13.2. The number of amides is 1. The van der Waals surface area contributed by atoms with E-state index in [0.29, 0.717) is 11.6 Å². The number of benzene rings is 1. The van der Waals surface area contributed by atoms with E-state index < -0.39 is 0 Å². The molecule has 3 rings (SSSR count). The van der Waals surface area contributed by atoms with Crippen molar-refractivity contribution in [3.63, 3.8) is 0 Å². The molecule has 7 heteroatoms. The molecule has 3 N–H and O–H groups in total. The van der Waals surface area contributed by atoms with Crippen LogP contribution >= 0.6 is 24.0 Å². The van der Waals surface area contributed by atoms with Crippen LogP contribution in [0.1, 0.15) is 31.2 Å². The molecule has 28 heavy (non-hydrogen) atoms. The zero-order chi connectivity index (χ0) is 19.0. The van der Waals surface area contributed by atoms with E-state index in [1.807, 2.05) is 6.07 Å². The number of rotatable bonds is 6. The lowest BCUT2D eigenvalue weighted by atomic mass is 9.79. The third-order valence-corrected chi connectivity index (χ3v) is 5.13. The fraction of sp³-hybridized carbons (Fsp3) is 0.381. The van der Waals surface area contributed by atoms with Gasteiger partial charge in [0.05, 0.1) is 18.4 Å². The molecule has 0 atom stereocenters. The van der Waals surface area contributed by atoms with Gasteiger partial charge in [-0.3, -0.25) is 14.8 Å². The van der Waals surface area contributed by atoms with Gasteiger partial charge in [0.25, 0.3) is 0 Å². The van der Waals surface area contributed by atoms with Crippen molar-refractivity contribution in [1.82, 2.24) is 15.6 Å². The van der Waals surface area contributed by atoms with Crippen molar-refractivity contribution in [1.29, 1.82) is 0 Å². The molecule has 1 aliphatic rings.